The number of ketones is 1. The first-order chi connectivity index (χ1) is 9.65. The standard InChI is InChI=1S/C16H16N2O2/c1-11(19)12-5-7-14-15(10-12)18(2)16(17-14)8-6-13-4-3-9-20-13/h3-5,7,9-10H,6,8H2,1-2H3. The largest absolute Gasteiger partial charge is 0.469 e. The number of furan rings is 1. The average molecular weight is 268 g/mol. The van der Waals surface area contributed by atoms with E-state index < -0.39 is 0 Å². The Balaban J connectivity index is 1.92. The van der Waals surface area contributed by atoms with Gasteiger partial charge in [0.2, 0.25) is 0 Å². The van der Waals surface area contributed by atoms with Crippen LogP contribution in [0.4, 0.5) is 0 Å². The topological polar surface area (TPSA) is 48.0 Å². The molecular weight excluding hydrogens is 252 g/mol. The minimum Gasteiger partial charge on any atom is -0.469 e. The summed E-state index contributed by atoms with van der Waals surface area (Å²) in [6.45, 7) is 1.58. The predicted molar refractivity (Wildman–Crippen MR) is 76.8 cm³/mol. The zero-order valence-electron chi connectivity index (χ0n) is 11.6. The molecule has 1 aromatic carbocycles. The van der Waals surface area contributed by atoms with Crippen molar-refractivity contribution in [3.05, 3.63) is 53.7 Å². The second kappa shape index (κ2) is 4.96. The molecule has 0 atom stereocenters. The number of rotatable bonds is 4. The second-order valence-corrected chi connectivity index (χ2v) is 4.93. The quantitative estimate of drug-likeness (QED) is 0.683. The normalized spacial score (nSPS) is 11.1. The molecule has 0 saturated heterocycles. The van der Waals surface area contributed by atoms with Gasteiger partial charge in [0, 0.05) is 25.5 Å². The van der Waals surface area contributed by atoms with Crippen LogP contribution in [0.5, 0.6) is 0 Å². The van der Waals surface area contributed by atoms with Crippen molar-refractivity contribution in [2.24, 2.45) is 7.05 Å². The van der Waals surface area contributed by atoms with Crippen LogP contribution in [0.1, 0.15) is 28.9 Å². The van der Waals surface area contributed by atoms with Gasteiger partial charge in [0.25, 0.3) is 0 Å². The van der Waals surface area contributed by atoms with E-state index in [0.717, 1.165) is 41.0 Å². The number of hydrogen-bond acceptors (Lipinski definition) is 3. The first kappa shape index (κ1) is 12.7. The van der Waals surface area contributed by atoms with Crippen LogP contribution < -0.4 is 0 Å². The molecule has 3 aromatic rings. The fraction of sp³-hybridized carbons (Fsp3) is 0.250. The van der Waals surface area contributed by atoms with Gasteiger partial charge in [-0.1, -0.05) is 0 Å². The number of Topliss-reactive ketones (excluding diaryl/α,β-unsaturated/α-hetero) is 1. The molecule has 0 amide bonds. The van der Waals surface area contributed by atoms with Gasteiger partial charge >= 0.3 is 0 Å². The molecule has 4 heteroatoms. The summed E-state index contributed by atoms with van der Waals surface area (Å²) < 4.78 is 7.38. The number of benzene rings is 1. The summed E-state index contributed by atoms with van der Waals surface area (Å²) in [5, 5.41) is 0. The Morgan fingerprint density at radius 1 is 1.30 bits per heavy atom. The molecule has 2 aromatic heterocycles. The van der Waals surface area contributed by atoms with E-state index in [0.29, 0.717) is 0 Å². The molecule has 4 nitrogen and oxygen atoms in total. The third kappa shape index (κ3) is 2.25. The van der Waals surface area contributed by atoms with Crippen molar-refractivity contribution in [1.29, 1.82) is 0 Å². The van der Waals surface area contributed by atoms with Crippen molar-refractivity contribution >= 4 is 16.8 Å². The van der Waals surface area contributed by atoms with Gasteiger partial charge < -0.3 is 8.98 Å². The predicted octanol–water partition coefficient (Wildman–Crippen LogP) is 3.15. The van der Waals surface area contributed by atoms with E-state index in [1.54, 1.807) is 13.2 Å². The minimum atomic E-state index is 0.0743. The molecule has 0 bridgehead atoms. The Kier molecular flexibility index (Phi) is 3.14. The van der Waals surface area contributed by atoms with Crippen LogP contribution in [-0.2, 0) is 19.9 Å². The number of hydrogen-bond donors (Lipinski definition) is 0. The molecule has 102 valence electrons. The number of imidazole rings is 1. The molecule has 0 aliphatic rings. The lowest BCUT2D eigenvalue weighted by Gasteiger charge is -2.01. The number of nitrogens with zero attached hydrogens (tertiary/aromatic N) is 2. The lowest BCUT2D eigenvalue weighted by Crippen LogP contribution is -2.00. The number of carbonyl (C=O) groups excluding carboxylic acids is 1. The Labute approximate surface area is 117 Å². The molecule has 0 aliphatic heterocycles. The highest BCUT2D eigenvalue weighted by atomic mass is 16.3. The first-order valence-electron chi connectivity index (χ1n) is 6.64. The number of aryl methyl sites for hydroxylation is 3. The molecule has 20 heavy (non-hydrogen) atoms. The zero-order valence-corrected chi connectivity index (χ0v) is 11.6. The van der Waals surface area contributed by atoms with Crippen LogP contribution in [0.25, 0.3) is 11.0 Å². The summed E-state index contributed by atoms with van der Waals surface area (Å²) in [6, 6.07) is 9.50. The molecule has 0 fully saturated rings. The van der Waals surface area contributed by atoms with Gasteiger partial charge in [-0.25, -0.2) is 4.98 Å². The van der Waals surface area contributed by atoms with E-state index in [1.807, 2.05) is 41.9 Å². The van der Waals surface area contributed by atoms with Crippen molar-refractivity contribution in [3.63, 3.8) is 0 Å². The summed E-state index contributed by atoms with van der Waals surface area (Å²) in [6.07, 6.45) is 3.32. The van der Waals surface area contributed by atoms with Crippen LogP contribution in [0.3, 0.4) is 0 Å². The molecule has 0 spiro atoms. The van der Waals surface area contributed by atoms with Crippen LogP contribution in [0, 0.1) is 0 Å². The highest BCUT2D eigenvalue weighted by molar-refractivity contribution is 5.97. The van der Waals surface area contributed by atoms with Gasteiger partial charge in [-0.3, -0.25) is 4.79 Å². The smallest absolute Gasteiger partial charge is 0.159 e. The third-order valence-corrected chi connectivity index (χ3v) is 3.56. The molecule has 0 radical (unpaired) electrons. The van der Waals surface area contributed by atoms with E-state index >= 15 is 0 Å². The summed E-state index contributed by atoms with van der Waals surface area (Å²) in [5.74, 6) is 2.03. The Hall–Kier alpha value is -2.36. The van der Waals surface area contributed by atoms with Gasteiger partial charge in [-0.15, -0.1) is 0 Å². The van der Waals surface area contributed by atoms with E-state index in [9.17, 15) is 4.79 Å². The molecule has 0 aliphatic carbocycles. The van der Waals surface area contributed by atoms with Gasteiger partial charge in [-0.2, -0.15) is 0 Å². The highest BCUT2D eigenvalue weighted by Crippen LogP contribution is 2.18. The minimum absolute atomic E-state index is 0.0743. The summed E-state index contributed by atoms with van der Waals surface area (Å²) in [4.78, 5) is 16.1. The number of aromatic nitrogens is 2. The number of fused-ring (bicyclic) bond motifs is 1. The van der Waals surface area contributed by atoms with Crippen LogP contribution in [-0.4, -0.2) is 15.3 Å². The molecule has 2 heterocycles. The fourth-order valence-electron chi connectivity index (χ4n) is 2.37. The van der Waals surface area contributed by atoms with Crippen molar-refractivity contribution < 1.29 is 9.21 Å². The maximum Gasteiger partial charge on any atom is 0.159 e. The SMILES string of the molecule is CC(=O)c1ccc2nc(CCc3ccco3)n(C)c2c1. The zero-order chi connectivity index (χ0) is 14.1. The van der Waals surface area contributed by atoms with Gasteiger partial charge in [0.05, 0.1) is 17.3 Å². The summed E-state index contributed by atoms with van der Waals surface area (Å²) in [5.41, 5.74) is 2.64. The molecule has 3 rings (SSSR count). The molecule has 0 unspecified atom stereocenters. The summed E-state index contributed by atoms with van der Waals surface area (Å²) >= 11 is 0. The van der Waals surface area contributed by atoms with Gasteiger partial charge in [0.15, 0.2) is 5.78 Å². The van der Waals surface area contributed by atoms with Crippen molar-refractivity contribution in [2.75, 3.05) is 0 Å². The lowest BCUT2D eigenvalue weighted by molar-refractivity contribution is 0.101. The van der Waals surface area contributed by atoms with E-state index in [2.05, 4.69) is 4.98 Å². The van der Waals surface area contributed by atoms with Crippen molar-refractivity contribution in [2.45, 2.75) is 19.8 Å². The highest BCUT2D eigenvalue weighted by Gasteiger charge is 2.10. The maximum absolute atomic E-state index is 11.4. The van der Waals surface area contributed by atoms with Crippen molar-refractivity contribution in [1.82, 2.24) is 9.55 Å². The molecule has 0 N–H and O–H groups in total. The third-order valence-electron chi connectivity index (χ3n) is 3.56. The summed E-state index contributed by atoms with van der Waals surface area (Å²) in [7, 11) is 1.98. The average Bonchev–Trinajstić information content (AvgIpc) is 3.05. The van der Waals surface area contributed by atoms with Gasteiger partial charge in [0.1, 0.15) is 11.6 Å². The molecule has 0 saturated carbocycles. The van der Waals surface area contributed by atoms with Crippen LogP contribution in [0.2, 0.25) is 0 Å². The van der Waals surface area contributed by atoms with Crippen molar-refractivity contribution in [3.8, 4) is 0 Å². The monoisotopic (exact) mass is 268 g/mol. The molecular formula is C16H16N2O2. The van der Waals surface area contributed by atoms with E-state index in [-0.39, 0.29) is 5.78 Å². The first-order valence-corrected chi connectivity index (χ1v) is 6.64. The Morgan fingerprint density at radius 3 is 2.85 bits per heavy atom. The Bertz CT molecular complexity index is 754. The van der Waals surface area contributed by atoms with Crippen LogP contribution >= 0.6 is 0 Å². The van der Waals surface area contributed by atoms with Gasteiger partial charge in [-0.05, 0) is 37.3 Å². The number of carbonyl (C=O) groups is 1. The van der Waals surface area contributed by atoms with E-state index in [4.69, 9.17) is 4.42 Å². The van der Waals surface area contributed by atoms with E-state index in [1.165, 1.54) is 0 Å². The fourth-order valence-corrected chi connectivity index (χ4v) is 2.37. The lowest BCUT2D eigenvalue weighted by atomic mass is 10.1. The maximum atomic E-state index is 11.4. The Morgan fingerprint density at radius 2 is 2.15 bits per heavy atom. The van der Waals surface area contributed by atoms with Crippen LogP contribution in [0.15, 0.2) is 41.0 Å². The second-order valence-electron chi connectivity index (χ2n) is 4.93.